The van der Waals surface area contributed by atoms with E-state index in [4.69, 9.17) is 4.74 Å². The molecule has 7 nitrogen and oxygen atoms in total. The summed E-state index contributed by atoms with van der Waals surface area (Å²) < 4.78 is 33.9. The number of pyridine rings is 1. The van der Waals surface area contributed by atoms with Crippen LogP contribution in [0.25, 0.3) is 16.9 Å². The Morgan fingerprint density at radius 2 is 1.77 bits per heavy atom. The molecule has 1 aliphatic rings. The van der Waals surface area contributed by atoms with Crippen molar-refractivity contribution < 1.29 is 13.2 Å². The summed E-state index contributed by atoms with van der Waals surface area (Å²) in [6, 6.07) is 7.42. The Bertz CT molecular complexity index is 1050. The molecule has 0 radical (unpaired) electrons. The molecule has 3 heterocycles. The highest BCUT2D eigenvalue weighted by Crippen LogP contribution is 2.22. The number of imidazole rings is 1. The molecule has 1 saturated heterocycles. The van der Waals surface area contributed by atoms with E-state index in [1.165, 1.54) is 21.6 Å². The molecule has 0 spiro atoms. The van der Waals surface area contributed by atoms with Crippen LogP contribution in [0.15, 0.2) is 41.7 Å². The van der Waals surface area contributed by atoms with Gasteiger partial charge in [-0.15, -0.1) is 0 Å². The third kappa shape index (κ3) is 2.90. The minimum absolute atomic E-state index is 0.194. The van der Waals surface area contributed by atoms with Gasteiger partial charge in [-0.1, -0.05) is 0 Å². The first-order chi connectivity index (χ1) is 12.5. The van der Waals surface area contributed by atoms with Crippen molar-refractivity contribution in [3.8, 4) is 5.82 Å². The summed E-state index contributed by atoms with van der Waals surface area (Å²) in [6.45, 7) is 5.69. The fourth-order valence-electron chi connectivity index (χ4n) is 3.05. The maximum atomic E-state index is 12.7. The fraction of sp³-hybridized carbons (Fsp3) is 0.333. The number of morpholine rings is 1. The lowest BCUT2D eigenvalue weighted by Crippen LogP contribution is -2.40. The predicted molar refractivity (Wildman–Crippen MR) is 97.9 cm³/mol. The average molecular weight is 372 g/mol. The van der Waals surface area contributed by atoms with Gasteiger partial charge in [-0.2, -0.15) is 4.31 Å². The Kier molecular flexibility index (Phi) is 4.26. The molecular formula is C18H20N4O3S. The van der Waals surface area contributed by atoms with Gasteiger partial charge in [0.1, 0.15) is 17.0 Å². The van der Waals surface area contributed by atoms with E-state index in [9.17, 15) is 8.42 Å². The first-order valence-corrected chi connectivity index (χ1v) is 9.89. The minimum atomic E-state index is -3.54. The molecule has 3 aromatic rings. The number of rotatable bonds is 3. The number of aromatic nitrogens is 3. The van der Waals surface area contributed by atoms with Crippen LogP contribution in [-0.2, 0) is 14.8 Å². The second kappa shape index (κ2) is 6.46. The van der Waals surface area contributed by atoms with Gasteiger partial charge in [0, 0.05) is 19.3 Å². The maximum absolute atomic E-state index is 12.7. The molecule has 0 atom stereocenters. The fourth-order valence-corrected chi connectivity index (χ4v) is 4.40. The molecule has 0 N–H and O–H groups in total. The minimum Gasteiger partial charge on any atom is -0.379 e. The zero-order chi connectivity index (χ0) is 18.3. The van der Waals surface area contributed by atoms with E-state index >= 15 is 0 Å². The van der Waals surface area contributed by atoms with Gasteiger partial charge < -0.3 is 4.74 Å². The Hall–Kier alpha value is -2.29. The topological polar surface area (TPSA) is 77.3 Å². The van der Waals surface area contributed by atoms with Crippen LogP contribution in [0.3, 0.4) is 0 Å². The van der Waals surface area contributed by atoms with Gasteiger partial charge >= 0.3 is 0 Å². The van der Waals surface area contributed by atoms with Crippen LogP contribution in [0.1, 0.15) is 11.1 Å². The van der Waals surface area contributed by atoms with E-state index < -0.39 is 10.0 Å². The zero-order valence-corrected chi connectivity index (χ0v) is 15.5. The number of aryl methyl sites for hydroxylation is 2. The Morgan fingerprint density at radius 1 is 1.04 bits per heavy atom. The maximum Gasteiger partial charge on any atom is 0.244 e. The van der Waals surface area contributed by atoms with Crippen molar-refractivity contribution in [2.24, 2.45) is 0 Å². The molecule has 136 valence electrons. The van der Waals surface area contributed by atoms with Crippen LogP contribution < -0.4 is 0 Å². The SMILES string of the molecule is Cc1cc2ncn(-c3ccc(S(=O)(=O)N4CCOCC4)cn3)c2cc1C. The molecule has 4 rings (SSSR count). The highest BCUT2D eigenvalue weighted by molar-refractivity contribution is 7.89. The van der Waals surface area contributed by atoms with Gasteiger partial charge in [-0.25, -0.2) is 18.4 Å². The van der Waals surface area contributed by atoms with Crippen molar-refractivity contribution >= 4 is 21.1 Å². The first kappa shape index (κ1) is 17.1. The van der Waals surface area contributed by atoms with E-state index in [1.54, 1.807) is 18.5 Å². The van der Waals surface area contributed by atoms with Gasteiger partial charge in [0.15, 0.2) is 0 Å². The van der Waals surface area contributed by atoms with Crippen molar-refractivity contribution in [3.63, 3.8) is 0 Å². The van der Waals surface area contributed by atoms with Crippen LogP contribution in [0, 0.1) is 13.8 Å². The number of ether oxygens (including phenoxy) is 1. The molecule has 0 unspecified atom stereocenters. The van der Waals surface area contributed by atoms with Crippen molar-refractivity contribution in [3.05, 3.63) is 47.9 Å². The van der Waals surface area contributed by atoms with Gasteiger partial charge in [0.05, 0.1) is 24.2 Å². The highest BCUT2D eigenvalue weighted by Gasteiger charge is 2.26. The molecule has 1 aliphatic heterocycles. The smallest absolute Gasteiger partial charge is 0.244 e. The van der Waals surface area contributed by atoms with E-state index in [0.717, 1.165) is 11.0 Å². The summed E-state index contributed by atoms with van der Waals surface area (Å²) in [6.07, 6.45) is 3.12. The van der Waals surface area contributed by atoms with Crippen molar-refractivity contribution in [2.45, 2.75) is 18.7 Å². The molecule has 26 heavy (non-hydrogen) atoms. The molecular weight excluding hydrogens is 352 g/mol. The second-order valence-electron chi connectivity index (χ2n) is 6.41. The van der Waals surface area contributed by atoms with E-state index in [2.05, 4.69) is 29.9 Å². The van der Waals surface area contributed by atoms with E-state index in [-0.39, 0.29) is 4.90 Å². The van der Waals surface area contributed by atoms with Crippen LogP contribution in [-0.4, -0.2) is 53.6 Å². The van der Waals surface area contributed by atoms with Crippen LogP contribution >= 0.6 is 0 Å². The van der Waals surface area contributed by atoms with Crippen LogP contribution in [0.2, 0.25) is 0 Å². The van der Waals surface area contributed by atoms with E-state index in [0.29, 0.717) is 32.1 Å². The van der Waals surface area contributed by atoms with Gasteiger partial charge in [-0.05, 0) is 49.2 Å². The molecule has 1 aromatic carbocycles. The molecule has 0 bridgehead atoms. The van der Waals surface area contributed by atoms with E-state index in [1.807, 2.05) is 10.6 Å². The lowest BCUT2D eigenvalue weighted by Gasteiger charge is -2.25. The van der Waals surface area contributed by atoms with Gasteiger partial charge in [0.25, 0.3) is 0 Å². The van der Waals surface area contributed by atoms with Crippen LogP contribution in [0.4, 0.5) is 0 Å². The predicted octanol–water partition coefficient (Wildman–Crippen LogP) is 2.06. The number of fused-ring (bicyclic) bond motifs is 1. The molecule has 0 amide bonds. The lowest BCUT2D eigenvalue weighted by atomic mass is 10.1. The zero-order valence-electron chi connectivity index (χ0n) is 14.7. The molecule has 0 aliphatic carbocycles. The highest BCUT2D eigenvalue weighted by atomic mass is 32.2. The summed E-state index contributed by atoms with van der Waals surface area (Å²) in [5, 5.41) is 0. The molecule has 2 aromatic heterocycles. The van der Waals surface area contributed by atoms with Crippen LogP contribution in [0.5, 0.6) is 0 Å². The normalized spacial score (nSPS) is 16.2. The largest absolute Gasteiger partial charge is 0.379 e. The summed E-state index contributed by atoms with van der Waals surface area (Å²) >= 11 is 0. The Morgan fingerprint density at radius 3 is 2.46 bits per heavy atom. The molecule has 0 saturated carbocycles. The molecule has 1 fully saturated rings. The number of hydrogen-bond donors (Lipinski definition) is 0. The summed E-state index contributed by atoms with van der Waals surface area (Å²) in [5.74, 6) is 0.636. The van der Waals surface area contributed by atoms with Gasteiger partial charge in [-0.3, -0.25) is 4.57 Å². The van der Waals surface area contributed by atoms with Crippen molar-refractivity contribution in [1.82, 2.24) is 18.8 Å². The monoisotopic (exact) mass is 372 g/mol. The first-order valence-electron chi connectivity index (χ1n) is 8.45. The summed E-state index contributed by atoms with van der Waals surface area (Å²) in [5.41, 5.74) is 4.19. The summed E-state index contributed by atoms with van der Waals surface area (Å²) in [4.78, 5) is 8.99. The second-order valence-corrected chi connectivity index (χ2v) is 8.35. The lowest BCUT2D eigenvalue weighted by molar-refractivity contribution is 0.0730. The third-order valence-corrected chi connectivity index (χ3v) is 6.62. The number of benzene rings is 1. The third-order valence-electron chi connectivity index (χ3n) is 4.74. The number of sulfonamides is 1. The summed E-state index contributed by atoms with van der Waals surface area (Å²) in [7, 11) is -3.54. The van der Waals surface area contributed by atoms with Gasteiger partial charge in [0.2, 0.25) is 10.0 Å². The number of hydrogen-bond acceptors (Lipinski definition) is 5. The Balaban J connectivity index is 1.69. The standard InChI is InChI=1S/C18H20N4O3S/c1-13-9-16-17(10-14(13)2)22(12-20-16)18-4-3-15(11-19-18)26(23,24)21-5-7-25-8-6-21/h3-4,9-12H,5-8H2,1-2H3. The van der Waals surface area contributed by atoms with Crippen molar-refractivity contribution in [1.29, 1.82) is 0 Å². The average Bonchev–Trinajstić information content (AvgIpc) is 3.05. The quantitative estimate of drug-likeness (QED) is 0.703. The molecule has 8 heteroatoms. The number of nitrogens with zero attached hydrogens (tertiary/aromatic N) is 4. The van der Waals surface area contributed by atoms with Crippen molar-refractivity contribution in [2.75, 3.05) is 26.3 Å². The Labute approximate surface area is 152 Å².